The monoisotopic (exact) mass is 343 g/mol. The van der Waals surface area contributed by atoms with Crippen molar-refractivity contribution in [1.82, 2.24) is 10.6 Å². The second kappa shape index (κ2) is 8.28. The second-order valence-corrected chi connectivity index (χ2v) is 5.92. The minimum Gasteiger partial charge on any atom is -0.332 e. The van der Waals surface area contributed by atoms with Gasteiger partial charge < -0.3 is 16.0 Å². The van der Waals surface area contributed by atoms with Gasteiger partial charge in [0.05, 0.1) is 12.1 Å². The number of anilines is 1. The molecular weight excluding hydrogens is 321 g/mol. The summed E-state index contributed by atoms with van der Waals surface area (Å²) in [5, 5.41) is 8.39. The third-order valence-electron chi connectivity index (χ3n) is 3.77. The van der Waals surface area contributed by atoms with Gasteiger partial charge in [-0.1, -0.05) is 24.3 Å². The zero-order chi connectivity index (χ0) is 18.4. The van der Waals surface area contributed by atoms with Crippen LogP contribution in [-0.4, -0.2) is 11.9 Å². The van der Waals surface area contributed by atoms with E-state index in [0.29, 0.717) is 5.69 Å². The van der Waals surface area contributed by atoms with E-state index in [-0.39, 0.29) is 29.8 Å². The van der Waals surface area contributed by atoms with Gasteiger partial charge in [0.15, 0.2) is 0 Å². The average Bonchev–Trinajstić information content (AvgIpc) is 2.54. The SMILES string of the molecule is CC(=O)Nc1cccc([C@H](C)NC(=O)N[C@H](C)c2ccc(F)cc2)c1. The maximum absolute atomic E-state index is 13.0. The molecule has 0 aliphatic rings. The number of carbonyl (C=O) groups excluding carboxylic acids is 2. The summed E-state index contributed by atoms with van der Waals surface area (Å²) in [6.45, 7) is 5.13. The molecule has 0 fully saturated rings. The molecular formula is C19H22FN3O2. The molecule has 2 aromatic rings. The van der Waals surface area contributed by atoms with Crippen molar-refractivity contribution in [3.8, 4) is 0 Å². The van der Waals surface area contributed by atoms with Crippen LogP contribution in [0.1, 0.15) is 44.0 Å². The molecule has 0 bridgehead atoms. The fourth-order valence-corrected chi connectivity index (χ4v) is 2.44. The van der Waals surface area contributed by atoms with Crippen LogP contribution in [0.5, 0.6) is 0 Å². The predicted molar refractivity (Wildman–Crippen MR) is 95.6 cm³/mol. The van der Waals surface area contributed by atoms with E-state index in [1.807, 2.05) is 32.0 Å². The van der Waals surface area contributed by atoms with Gasteiger partial charge in [-0.05, 0) is 49.2 Å². The van der Waals surface area contributed by atoms with E-state index in [1.165, 1.54) is 19.1 Å². The number of nitrogens with one attached hydrogen (secondary N) is 3. The van der Waals surface area contributed by atoms with E-state index in [4.69, 9.17) is 0 Å². The van der Waals surface area contributed by atoms with Gasteiger partial charge in [-0.2, -0.15) is 0 Å². The summed E-state index contributed by atoms with van der Waals surface area (Å²) in [5.74, 6) is -0.461. The molecule has 0 spiro atoms. The Labute approximate surface area is 146 Å². The molecule has 2 atom stereocenters. The first-order valence-electron chi connectivity index (χ1n) is 8.05. The van der Waals surface area contributed by atoms with Crippen LogP contribution in [0.2, 0.25) is 0 Å². The van der Waals surface area contributed by atoms with Gasteiger partial charge in [0.2, 0.25) is 5.91 Å². The summed E-state index contributed by atoms with van der Waals surface area (Å²) in [4.78, 5) is 23.3. The van der Waals surface area contributed by atoms with Gasteiger partial charge in [-0.25, -0.2) is 9.18 Å². The minimum absolute atomic E-state index is 0.149. The van der Waals surface area contributed by atoms with Gasteiger partial charge in [-0.15, -0.1) is 0 Å². The van der Waals surface area contributed by atoms with E-state index in [0.717, 1.165) is 11.1 Å². The van der Waals surface area contributed by atoms with Gasteiger partial charge >= 0.3 is 6.03 Å². The van der Waals surface area contributed by atoms with Gasteiger partial charge in [-0.3, -0.25) is 4.79 Å². The second-order valence-electron chi connectivity index (χ2n) is 5.92. The Morgan fingerprint density at radius 2 is 1.52 bits per heavy atom. The fourth-order valence-electron chi connectivity index (χ4n) is 2.44. The summed E-state index contributed by atoms with van der Waals surface area (Å²) in [6, 6.07) is 12.5. The lowest BCUT2D eigenvalue weighted by Crippen LogP contribution is -2.38. The molecule has 132 valence electrons. The van der Waals surface area contributed by atoms with E-state index in [9.17, 15) is 14.0 Å². The summed E-state index contributed by atoms with van der Waals surface area (Å²) < 4.78 is 13.0. The standard InChI is InChI=1S/C19H22FN3O2/c1-12(15-7-9-17(20)10-8-15)21-19(25)22-13(2)16-5-4-6-18(11-16)23-14(3)24/h4-13H,1-3H3,(H,23,24)(H2,21,22,25)/t12-,13+/m1/s1. The summed E-state index contributed by atoms with van der Waals surface area (Å²) in [5.41, 5.74) is 2.37. The molecule has 6 heteroatoms. The Kier molecular flexibility index (Phi) is 6.11. The highest BCUT2D eigenvalue weighted by Gasteiger charge is 2.13. The molecule has 0 saturated carbocycles. The van der Waals surface area contributed by atoms with Gasteiger partial charge in [0, 0.05) is 12.6 Å². The molecule has 0 saturated heterocycles. The molecule has 5 nitrogen and oxygen atoms in total. The molecule has 3 amide bonds. The van der Waals surface area contributed by atoms with Crippen LogP contribution >= 0.6 is 0 Å². The molecule has 2 rings (SSSR count). The molecule has 2 aromatic carbocycles. The summed E-state index contributed by atoms with van der Waals surface area (Å²) in [6.07, 6.45) is 0. The quantitative estimate of drug-likeness (QED) is 0.770. The Morgan fingerprint density at radius 3 is 2.12 bits per heavy atom. The Balaban J connectivity index is 1.95. The third kappa shape index (κ3) is 5.60. The molecule has 0 radical (unpaired) electrons. The van der Waals surface area contributed by atoms with Gasteiger partial charge in [0.1, 0.15) is 5.82 Å². The highest BCUT2D eigenvalue weighted by atomic mass is 19.1. The van der Waals surface area contributed by atoms with Crippen LogP contribution in [0, 0.1) is 5.82 Å². The van der Waals surface area contributed by atoms with Crippen LogP contribution in [0.15, 0.2) is 48.5 Å². The maximum Gasteiger partial charge on any atom is 0.315 e. The Hall–Kier alpha value is -2.89. The number of rotatable bonds is 5. The molecule has 3 N–H and O–H groups in total. The highest BCUT2D eigenvalue weighted by Crippen LogP contribution is 2.18. The zero-order valence-electron chi connectivity index (χ0n) is 14.5. The largest absolute Gasteiger partial charge is 0.332 e. The molecule has 0 aromatic heterocycles. The lowest BCUT2D eigenvalue weighted by molar-refractivity contribution is -0.114. The lowest BCUT2D eigenvalue weighted by Gasteiger charge is -2.19. The topological polar surface area (TPSA) is 70.2 Å². The van der Waals surface area contributed by atoms with Crippen molar-refractivity contribution in [2.75, 3.05) is 5.32 Å². The maximum atomic E-state index is 13.0. The van der Waals surface area contributed by atoms with Crippen molar-refractivity contribution in [3.05, 3.63) is 65.5 Å². The van der Waals surface area contributed by atoms with E-state index >= 15 is 0 Å². The van der Waals surface area contributed by atoms with Gasteiger partial charge in [0.25, 0.3) is 0 Å². The number of hydrogen-bond acceptors (Lipinski definition) is 2. The van der Waals surface area contributed by atoms with Crippen LogP contribution in [-0.2, 0) is 4.79 Å². The van der Waals surface area contributed by atoms with Crippen molar-refractivity contribution in [2.45, 2.75) is 32.9 Å². The number of amides is 3. The summed E-state index contributed by atoms with van der Waals surface area (Å²) in [7, 11) is 0. The molecule has 0 aliphatic heterocycles. The zero-order valence-corrected chi connectivity index (χ0v) is 14.5. The van der Waals surface area contributed by atoms with Crippen molar-refractivity contribution in [3.63, 3.8) is 0 Å². The number of hydrogen-bond donors (Lipinski definition) is 3. The molecule has 0 unspecified atom stereocenters. The van der Waals surface area contributed by atoms with Crippen LogP contribution in [0.4, 0.5) is 14.9 Å². The first-order chi connectivity index (χ1) is 11.8. The fraction of sp³-hybridized carbons (Fsp3) is 0.263. The van der Waals surface area contributed by atoms with Crippen LogP contribution < -0.4 is 16.0 Å². The lowest BCUT2D eigenvalue weighted by atomic mass is 10.1. The van der Waals surface area contributed by atoms with Crippen molar-refractivity contribution < 1.29 is 14.0 Å². The highest BCUT2D eigenvalue weighted by molar-refractivity contribution is 5.88. The molecule has 0 aliphatic carbocycles. The molecule has 0 heterocycles. The first-order valence-corrected chi connectivity index (χ1v) is 8.05. The van der Waals surface area contributed by atoms with Crippen LogP contribution in [0.3, 0.4) is 0 Å². The Bertz CT molecular complexity index is 747. The third-order valence-corrected chi connectivity index (χ3v) is 3.77. The van der Waals surface area contributed by atoms with E-state index in [2.05, 4.69) is 16.0 Å². The number of urea groups is 1. The minimum atomic E-state index is -0.325. The number of benzene rings is 2. The smallest absolute Gasteiger partial charge is 0.315 e. The normalized spacial score (nSPS) is 12.8. The van der Waals surface area contributed by atoms with Crippen molar-refractivity contribution >= 4 is 17.6 Å². The number of halogens is 1. The van der Waals surface area contributed by atoms with Crippen molar-refractivity contribution in [2.24, 2.45) is 0 Å². The average molecular weight is 343 g/mol. The Morgan fingerprint density at radius 1 is 0.920 bits per heavy atom. The van der Waals surface area contributed by atoms with Crippen LogP contribution in [0.25, 0.3) is 0 Å². The van der Waals surface area contributed by atoms with Crippen molar-refractivity contribution in [1.29, 1.82) is 0 Å². The predicted octanol–water partition coefficient (Wildman–Crippen LogP) is 3.91. The molecule has 25 heavy (non-hydrogen) atoms. The summed E-state index contributed by atoms with van der Waals surface area (Å²) >= 11 is 0. The number of carbonyl (C=O) groups is 2. The first kappa shape index (κ1) is 18.4. The van der Waals surface area contributed by atoms with E-state index in [1.54, 1.807) is 18.2 Å². The van der Waals surface area contributed by atoms with E-state index < -0.39 is 0 Å².